The Labute approximate surface area is 112 Å². The van der Waals surface area contributed by atoms with Gasteiger partial charge in [-0.3, -0.25) is 4.98 Å². The molecule has 2 aromatic rings. The Morgan fingerprint density at radius 3 is 2.84 bits per heavy atom. The zero-order chi connectivity index (χ0) is 13.7. The van der Waals surface area contributed by atoms with Crippen LogP contribution in [0.15, 0.2) is 28.9 Å². The summed E-state index contributed by atoms with van der Waals surface area (Å²) in [6.45, 7) is 4.30. The van der Waals surface area contributed by atoms with Crippen LogP contribution in [0.3, 0.4) is 0 Å². The number of nitrogens with zero attached hydrogens (tertiary/aromatic N) is 2. The Morgan fingerprint density at radius 1 is 1.42 bits per heavy atom. The molecule has 19 heavy (non-hydrogen) atoms. The first-order chi connectivity index (χ1) is 9.17. The molecule has 1 atom stereocenters. The Morgan fingerprint density at radius 2 is 2.26 bits per heavy atom. The molecule has 0 aliphatic rings. The first-order valence-corrected chi connectivity index (χ1v) is 6.43. The predicted molar refractivity (Wildman–Crippen MR) is 71.8 cm³/mol. The van der Waals surface area contributed by atoms with E-state index in [4.69, 9.17) is 15.0 Å². The van der Waals surface area contributed by atoms with E-state index < -0.39 is 0 Å². The molecule has 5 heteroatoms. The molecule has 0 bridgehead atoms. The Bertz CT molecular complexity index is 508. The second-order valence-electron chi connectivity index (χ2n) is 4.58. The Balaban J connectivity index is 1.88. The van der Waals surface area contributed by atoms with Gasteiger partial charge in [0.2, 0.25) is 0 Å². The number of ether oxygens (including phenoxy) is 1. The maximum atomic E-state index is 5.89. The van der Waals surface area contributed by atoms with Gasteiger partial charge < -0.3 is 15.0 Å². The number of rotatable bonds is 6. The molecule has 5 nitrogen and oxygen atoms in total. The zero-order valence-corrected chi connectivity index (χ0v) is 11.3. The first-order valence-electron chi connectivity index (χ1n) is 6.43. The van der Waals surface area contributed by atoms with Gasteiger partial charge in [0.1, 0.15) is 12.4 Å². The predicted octanol–water partition coefficient (Wildman–Crippen LogP) is 2.24. The molecule has 0 aliphatic carbocycles. The number of hydrogen-bond donors (Lipinski definition) is 1. The van der Waals surface area contributed by atoms with Crippen LogP contribution in [-0.2, 0) is 13.0 Å². The summed E-state index contributed by atoms with van der Waals surface area (Å²) in [4.78, 5) is 4.33. The van der Waals surface area contributed by atoms with Gasteiger partial charge in [-0.05, 0) is 25.5 Å². The number of aryl methyl sites for hydroxylation is 1. The van der Waals surface area contributed by atoms with Crippen LogP contribution in [0.4, 0.5) is 0 Å². The lowest BCUT2D eigenvalue weighted by molar-refractivity contribution is 0.248. The fourth-order valence-electron chi connectivity index (χ4n) is 1.67. The summed E-state index contributed by atoms with van der Waals surface area (Å²) in [7, 11) is 0. The van der Waals surface area contributed by atoms with Crippen molar-refractivity contribution in [2.24, 2.45) is 5.73 Å². The van der Waals surface area contributed by atoms with Crippen molar-refractivity contribution in [2.45, 2.75) is 39.3 Å². The van der Waals surface area contributed by atoms with Crippen molar-refractivity contribution in [3.05, 3.63) is 41.5 Å². The van der Waals surface area contributed by atoms with Crippen molar-refractivity contribution in [1.29, 1.82) is 0 Å². The van der Waals surface area contributed by atoms with E-state index in [9.17, 15) is 0 Å². The van der Waals surface area contributed by atoms with Crippen LogP contribution in [-0.4, -0.2) is 16.2 Å². The molecule has 2 rings (SSSR count). The molecule has 0 amide bonds. The molecular formula is C14H19N3O2. The van der Waals surface area contributed by atoms with E-state index >= 15 is 0 Å². The van der Waals surface area contributed by atoms with Gasteiger partial charge in [0, 0.05) is 24.2 Å². The molecule has 0 spiro atoms. The van der Waals surface area contributed by atoms with Gasteiger partial charge >= 0.3 is 0 Å². The molecule has 0 aliphatic heterocycles. The number of nitrogens with two attached hydrogens (primary N) is 1. The van der Waals surface area contributed by atoms with Gasteiger partial charge in [0.15, 0.2) is 5.76 Å². The SMILES string of the molecule is CCC(N)Cc1ccc(OCc2cc(C)no2)cn1. The quantitative estimate of drug-likeness (QED) is 0.863. The smallest absolute Gasteiger partial charge is 0.174 e. The van der Waals surface area contributed by atoms with Gasteiger partial charge in [-0.2, -0.15) is 0 Å². The summed E-state index contributed by atoms with van der Waals surface area (Å²) in [5.74, 6) is 1.41. The van der Waals surface area contributed by atoms with Crippen LogP contribution in [0.2, 0.25) is 0 Å². The van der Waals surface area contributed by atoms with Gasteiger partial charge in [0.25, 0.3) is 0 Å². The summed E-state index contributed by atoms with van der Waals surface area (Å²) in [6, 6.07) is 5.85. The minimum Gasteiger partial charge on any atom is -0.484 e. The van der Waals surface area contributed by atoms with E-state index in [1.165, 1.54) is 0 Å². The highest BCUT2D eigenvalue weighted by Gasteiger charge is 2.04. The minimum atomic E-state index is 0.163. The van der Waals surface area contributed by atoms with Crippen LogP contribution in [0, 0.1) is 6.92 Å². The highest BCUT2D eigenvalue weighted by Crippen LogP contribution is 2.13. The van der Waals surface area contributed by atoms with Crippen LogP contribution in [0.25, 0.3) is 0 Å². The van der Waals surface area contributed by atoms with Crippen molar-refractivity contribution >= 4 is 0 Å². The van der Waals surface area contributed by atoms with Crippen molar-refractivity contribution in [3.63, 3.8) is 0 Å². The maximum Gasteiger partial charge on any atom is 0.174 e. The third kappa shape index (κ3) is 4.06. The van der Waals surface area contributed by atoms with Crippen LogP contribution < -0.4 is 10.5 Å². The second-order valence-corrected chi connectivity index (χ2v) is 4.58. The highest BCUT2D eigenvalue weighted by molar-refractivity contribution is 5.20. The Hall–Kier alpha value is -1.88. The van der Waals surface area contributed by atoms with Crippen molar-refractivity contribution in [1.82, 2.24) is 10.1 Å². The lowest BCUT2D eigenvalue weighted by atomic mass is 10.1. The van der Waals surface area contributed by atoms with Gasteiger partial charge in [0.05, 0.1) is 11.9 Å². The molecule has 2 N–H and O–H groups in total. The van der Waals surface area contributed by atoms with Crippen molar-refractivity contribution in [3.8, 4) is 5.75 Å². The number of pyridine rings is 1. The first kappa shape index (κ1) is 13.5. The van der Waals surface area contributed by atoms with E-state index in [0.717, 1.165) is 24.2 Å². The molecule has 2 aromatic heterocycles. The molecule has 0 aromatic carbocycles. The molecule has 1 unspecified atom stereocenters. The minimum absolute atomic E-state index is 0.163. The lowest BCUT2D eigenvalue weighted by Gasteiger charge is -2.08. The zero-order valence-electron chi connectivity index (χ0n) is 11.3. The van der Waals surface area contributed by atoms with E-state index in [0.29, 0.717) is 18.1 Å². The lowest BCUT2D eigenvalue weighted by Crippen LogP contribution is -2.21. The third-order valence-electron chi connectivity index (χ3n) is 2.85. The number of hydrogen-bond acceptors (Lipinski definition) is 5. The summed E-state index contributed by atoms with van der Waals surface area (Å²) in [5.41, 5.74) is 7.72. The molecular weight excluding hydrogens is 242 g/mol. The topological polar surface area (TPSA) is 74.2 Å². The van der Waals surface area contributed by atoms with Crippen molar-refractivity contribution < 1.29 is 9.26 Å². The summed E-state index contributed by atoms with van der Waals surface area (Å²) < 4.78 is 10.6. The fraction of sp³-hybridized carbons (Fsp3) is 0.429. The monoisotopic (exact) mass is 261 g/mol. The van der Waals surface area contributed by atoms with Crippen LogP contribution in [0.5, 0.6) is 5.75 Å². The fourth-order valence-corrected chi connectivity index (χ4v) is 1.67. The highest BCUT2D eigenvalue weighted by atomic mass is 16.5. The maximum absolute atomic E-state index is 5.89. The van der Waals surface area contributed by atoms with Gasteiger partial charge in [-0.1, -0.05) is 12.1 Å². The standard InChI is InChI=1S/C14H19N3O2/c1-3-11(15)7-12-4-5-13(8-16-12)18-9-14-6-10(2)17-19-14/h4-6,8,11H,3,7,9,15H2,1-2H3. The molecule has 102 valence electrons. The second kappa shape index (κ2) is 6.33. The van der Waals surface area contributed by atoms with Crippen LogP contribution in [0.1, 0.15) is 30.5 Å². The van der Waals surface area contributed by atoms with E-state index in [-0.39, 0.29) is 6.04 Å². The number of aromatic nitrogens is 2. The van der Waals surface area contributed by atoms with Crippen molar-refractivity contribution in [2.75, 3.05) is 0 Å². The van der Waals surface area contributed by atoms with Crippen LogP contribution >= 0.6 is 0 Å². The molecule has 0 saturated carbocycles. The third-order valence-corrected chi connectivity index (χ3v) is 2.85. The average molecular weight is 261 g/mol. The van der Waals surface area contributed by atoms with E-state index in [1.54, 1.807) is 6.20 Å². The molecule has 0 fully saturated rings. The summed E-state index contributed by atoms with van der Waals surface area (Å²) in [6.07, 6.45) is 3.45. The molecule has 2 heterocycles. The van der Waals surface area contributed by atoms with Gasteiger partial charge in [-0.25, -0.2) is 0 Å². The van der Waals surface area contributed by atoms with E-state index in [1.807, 2.05) is 25.1 Å². The normalized spacial score (nSPS) is 12.4. The van der Waals surface area contributed by atoms with Gasteiger partial charge in [-0.15, -0.1) is 0 Å². The Kier molecular flexibility index (Phi) is 4.52. The largest absolute Gasteiger partial charge is 0.484 e. The summed E-state index contributed by atoms with van der Waals surface area (Å²) in [5, 5.41) is 3.80. The summed E-state index contributed by atoms with van der Waals surface area (Å²) >= 11 is 0. The molecule has 0 saturated heterocycles. The average Bonchev–Trinajstić information content (AvgIpc) is 2.83. The van der Waals surface area contributed by atoms with E-state index in [2.05, 4.69) is 17.1 Å². The molecule has 0 radical (unpaired) electrons.